The number of methoxy groups -OCH3 is 3. The van der Waals surface area contributed by atoms with E-state index in [9.17, 15) is 4.79 Å². The number of aromatic nitrogens is 2. The summed E-state index contributed by atoms with van der Waals surface area (Å²) in [7, 11) is 4.69. The Morgan fingerprint density at radius 3 is 2.36 bits per heavy atom. The van der Waals surface area contributed by atoms with E-state index in [0.717, 1.165) is 32.4 Å². The van der Waals surface area contributed by atoms with E-state index in [1.165, 1.54) is 28.2 Å². The summed E-state index contributed by atoms with van der Waals surface area (Å²) >= 11 is 2.88. The Hall–Kier alpha value is -4.61. The van der Waals surface area contributed by atoms with Gasteiger partial charge < -0.3 is 30.6 Å². The van der Waals surface area contributed by atoms with Gasteiger partial charge in [-0.3, -0.25) is 4.79 Å². The third-order valence-electron chi connectivity index (χ3n) is 6.47. The van der Waals surface area contributed by atoms with Crippen LogP contribution >= 0.6 is 22.7 Å². The number of nitrogens with one attached hydrogen (secondary N) is 2. The first-order valence-corrected chi connectivity index (χ1v) is 14.8. The molecule has 0 radical (unpaired) electrons. The van der Waals surface area contributed by atoms with E-state index in [0.29, 0.717) is 46.7 Å². The van der Waals surface area contributed by atoms with Crippen LogP contribution in [-0.4, -0.2) is 37.2 Å². The van der Waals surface area contributed by atoms with Gasteiger partial charge in [0.2, 0.25) is 11.7 Å². The number of thiazole rings is 2. The highest BCUT2D eigenvalue weighted by Gasteiger charge is 2.18. The van der Waals surface area contributed by atoms with Crippen molar-refractivity contribution < 1.29 is 19.0 Å². The number of rotatable bonds is 11. The normalized spacial score (nSPS) is 10.8. The number of hydrogen-bond donors (Lipinski definition) is 3. The molecule has 0 saturated heterocycles. The molecule has 9 nitrogen and oxygen atoms in total. The Balaban J connectivity index is 1.28. The standard InChI is InChI=1S/C31H31N5O4S2/c1-18-8-10-19(11-9-18)12-13-26(37)33-21-7-5-6-20(14-21)23-17-41-30(35-23)28-29(32)36-31(42-28)34-22-15-24(38-2)27(40-4)25(16-22)39-3/h5-11,14-17H,12-13,32H2,1-4H3,(H,33,37)(H,34,36). The molecule has 11 heteroatoms. The first-order chi connectivity index (χ1) is 20.4. The van der Waals surface area contributed by atoms with Crippen molar-refractivity contribution in [1.82, 2.24) is 9.97 Å². The summed E-state index contributed by atoms with van der Waals surface area (Å²) < 4.78 is 16.3. The largest absolute Gasteiger partial charge is 0.493 e. The molecule has 0 spiro atoms. The lowest BCUT2D eigenvalue weighted by atomic mass is 10.1. The molecular weight excluding hydrogens is 571 g/mol. The van der Waals surface area contributed by atoms with Gasteiger partial charge in [-0.05, 0) is 31.0 Å². The SMILES string of the molecule is COc1cc(Nc2nc(N)c(-c3nc(-c4cccc(NC(=O)CCc5ccc(C)cc5)c4)cs3)s2)cc(OC)c1OC. The Morgan fingerprint density at radius 1 is 0.929 bits per heavy atom. The van der Waals surface area contributed by atoms with Crippen LogP contribution in [0, 0.1) is 6.92 Å². The first-order valence-electron chi connectivity index (χ1n) is 13.1. The van der Waals surface area contributed by atoms with Crippen molar-refractivity contribution >= 4 is 50.9 Å². The molecule has 2 aromatic heterocycles. The third-order valence-corrected chi connectivity index (χ3v) is 8.45. The molecule has 0 fully saturated rings. The zero-order valence-electron chi connectivity index (χ0n) is 23.7. The van der Waals surface area contributed by atoms with E-state index in [4.69, 9.17) is 24.9 Å². The summed E-state index contributed by atoms with van der Waals surface area (Å²) in [5.41, 5.74) is 11.8. The van der Waals surface area contributed by atoms with Crippen LogP contribution in [0.4, 0.5) is 22.3 Å². The van der Waals surface area contributed by atoms with E-state index in [2.05, 4.69) is 46.8 Å². The van der Waals surface area contributed by atoms with Crippen molar-refractivity contribution in [3.05, 3.63) is 77.2 Å². The van der Waals surface area contributed by atoms with Crippen molar-refractivity contribution in [2.75, 3.05) is 37.7 Å². The molecule has 4 N–H and O–H groups in total. The van der Waals surface area contributed by atoms with Gasteiger partial charge >= 0.3 is 0 Å². The summed E-state index contributed by atoms with van der Waals surface area (Å²) in [5, 5.41) is 9.60. The van der Waals surface area contributed by atoms with Crippen LogP contribution in [0.25, 0.3) is 21.1 Å². The Kier molecular flexibility index (Phi) is 8.89. The number of carbonyl (C=O) groups is 1. The maximum Gasteiger partial charge on any atom is 0.224 e. The number of carbonyl (C=O) groups excluding carboxylic acids is 1. The van der Waals surface area contributed by atoms with Gasteiger partial charge in [-0.1, -0.05) is 53.3 Å². The van der Waals surface area contributed by atoms with Crippen molar-refractivity contribution in [3.63, 3.8) is 0 Å². The minimum absolute atomic E-state index is 0.0312. The fourth-order valence-electron chi connectivity index (χ4n) is 4.32. The fourth-order valence-corrected chi connectivity index (χ4v) is 6.15. The smallest absolute Gasteiger partial charge is 0.224 e. The number of anilines is 4. The summed E-state index contributed by atoms with van der Waals surface area (Å²) in [6.45, 7) is 2.05. The van der Waals surface area contributed by atoms with Gasteiger partial charge in [-0.2, -0.15) is 0 Å². The topological polar surface area (TPSA) is 121 Å². The second-order valence-corrected chi connectivity index (χ2v) is 11.3. The minimum Gasteiger partial charge on any atom is -0.493 e. The molecule has 0 unspecified atom stereocenters. The van der Waals surface area contributed by atoms with Crippen molar-refractivity contribution in [3.8, 4) is 38.4 Å². The van der Waals surface area contributed by atoms with E-state index < -0.39 is 0 Å². The van der Waals surface area contributed by atoms with Gasteiger partial charge in [-0.15, -0.1) is 11.3 Å². The lowest BCUT2D eigenvalue weighted by molar-refractivity contribution is -0.116. The second kappa shape index (κ2) is 12.9. The third kappa shape index (κ3) is 6.64. The molecule has 3 aromatic carbocycles. The quantitative estimate of drug-likeness (QED) is 0.146. The molecule has 5 aromatic rings. The van der Waals surface area contributed by atoms with Gasteiger partial charge in [0.1, 0.15) is 15.7 Å². The molecule has 5 rings (SSSR count). The maximum absolute atomic E-state index is 12.6. The number of nitrogen functional groups attached to an aromatic ring is 1. The van der Waals surface area contributed by atoms with E-state index in [1.807, 2.05) is 29.6 Å². The van der Waals surface area contributed by atoms with E-state index >= 15 is 0 Å². The van der Waals surface area contributed by atoms with Crippen molar-refractivity contribution in [2.24, 2.45) is 0 Å². The number of ether oxygens (including phenoxy) is 3. The maximum atomic E-state index is 12.6. The summed E-state index contributed by atoms with van der Waals surface area (Å²) in [6, 6.07) is 19.5. The zero-order valence-corrected chi connectivity index (χ0v) is 25.3. The highest BCUT2D eigenvalue weighted by atomic mass is 32.1. The molecule has 0 atom stereocenters. The molecule has 216 valence electrons. The van der Waals surface area contributed by atoms with Crippen molar-refractivity contribution in [1.29, 1.82) is 0 Å². The molecule has 0 aliphatic carbocycles. The molecule has 0 aliphatic heterocycles. The summed E-state index contributed by atoms with van der Waals surface area (Å²) in [6.07, 6.45) is 1.10. The Labute approximate surface area is 252 Å². The van der Waals surface area contributed by atoms with E-state index in [1.54, 1.807) is 33.5 Å². The first kappa shape index (κ1) is 28.9. The Bertz CT molecular complexity index is 1670. The predicted molar refractivity (Wildman–Crippen MR) is 171 cm³/mol. The monoisotopic (exact) mass is 601 g/mol. The highest BCUT2D eigenvalue weighted by molar-refractivity contribution is 7.23. The average molecular weight is 602 g/mol. The predicted octanol–water partition coefficient (Wildman–Crippen LogP) is 7.16. The zero-order chi connectivity index (χ0) is 29.6. The molecular formula is C31H31N5O4S2. The number of nitrogens with zero attached hydrogens (tertiary/aromatic N) is 2. The average Bonchev–Trinajstić information content (AvgIpc) is 3.63. The number of amides is 1. The molecule has 2 heterocycles. The molecule has 0 aliphatic rings. The van der Waals surface area contributed by atoms with Gasteiger partial charge in [0, 0.05) is 40.9 Å². The van der Waals surface area contributed by atoms with Crippen LogP contribution in [-0.2, 0) is 11.2 Å². The Morgan fingerprint density at radius 2 is 1.67 bits per heavy atom. The van der Waals surface area contributed by atoms with Gasteiger partial charge in [0.05, 0.1) is 27.0 Å². The molecule has 42 heavy (non-hydrogen) atoms. The number of aryl methyl sites for hydroxylation is 2. The summed E-state index contributed by atoms with van der Waals surface area (Å²) in [4.78, 5) is 22.7. The van der Waals surface area contributed by atoms with Crippen molar-refractivity contribution in [2.45, 2.75) is 19.8 Å². The van der Waals surface area contributed by atoms with Crippen LogP contribution in [0.1, 0.15) is 17.5 Å². The van der Waals surface area contributed by atoms with E-state index in [-0.39, 0.29) is 5.91 Å². The van der Waals surface area contributed by atoms with Crippen LogP contribution in [0.15, 0.2) is 66.0 Å². The second-order valence-electron chi connectivity index (χ2n) is 9.42. The minimum atomic E-state index is -0.0312. The lowest BCUT2D eigenvalue weighted by Crippen LogP contribution is -2.12. The van der Waals surface area contributed by atoms with Crippen LogP contribution < -0.4 is 30.6 Å². The molecule has 1 amide bonds. The van der Waals surface area contributed by atoms with Gasteiger partial charge in [0.15, 0.2) is 16.6 Å². The number of hydrogen-bond acceptors (Lipinski definition) is 10. The van der Waals surface area contributed by atoms with Crippen LogP contribution in [0.3, 0.4) is 0 Å². The van der Waals surface area contributed by atoms with Crippen LogP contribution in [0.2, 0.25) is 0 Å². The van der Waals surface area contributed by atoms with Crippen LogP contribution in [0.5, 0.6) is 17.2 Å². The fraction of sp³-hybridized carbons (Fsp3) is 0.194. The highest BCUT2D eigenvalue weighted by Crippen LogP contribution is 2.43. The van der Waals surface area contributed by atoms with Gasteiger partial charge in [-0.25, -0.2) is 9.97 Å². The molecule has 0 saturated carbocycles. The number of benzene rings is 3. The number of nitrogens with two attached hydrogens (primary N) is 1. The summed E-state index contributed by atoms with van der Waals surface area (Å²) in [5.74, 6) is 1.91. The molecule has 0 bridgehead atoms. The van der Waals surface area contributed by atoms with Gasteiger partial charge in [0.25, 0.3) is 0 Å². The lowest BCUT2D eigenvalue weighted by Gasteiger charge is -2.14.